The summed E-state index contributed by atoms with van der Waals surface area (Å²) in [7, 11) is 0. The summed E-state index contributed by atoms with van der Waals surface area (Å²) in [4.78, 5) is 24.6. The molecule has 0 heterocycles. The smallest absolute Gasteiger partial charge is 0.249 e. The molecule has 0 bridgehead atoms. The summed E-state index contributed by atoms with van der Waals surface area (Å²) in [6.07, 6.45) is 2.75. The van der Waals surface area contributed by atoms with Gasteiger partial charge < -0.3 is 10.1 Å². The third-order valence-electron chi connectivity index (χ3n) is 3.43. The molecular weight excluding hydrogens is 352 g/mol. The minimum atomic E-state index is -1.45. The fourth-order valence-corrected chi connectivity index (χ4v) is 2.28. The van der Waals surface area contributed by atoms with Crippen LogP contribution in [0.1, 0.15) is 12.5 Å². The molecule has 1 N–H and O–H groups in total. The number of carbonyl (C=O) groups is 2. The van der Waals surface area contributed by atoms with E-state index in [4.69, 9.17) is 16.3 Å². The van der Waals surface area contributed by atoms with Crippen LogP contribution in [0.15, 0.2) is 54.6 Å². The number of benzene rings is 2. The molecule has 0 aromatic heterocycles. The van der Waals surface area contributed by atoms with Crippen molar-refractivity contribution in [3.8, 4) is 11.8 Å². The van der Waals surface area contributed by atoms with Crippen molar-refractivity contribution in [3.63, 3.8) is 0 Å². The first-order valence-electron chi connectivity index (χ1n) is 7.95. The van der Waals surface area contributed by atoms with Crippen LogP contribution in [0.25, 0.3) is 6.08 Å². The number of allylic oxidation sites excluding steroid dienone is 1. The Balaban J connectivity index is 2.09. The number of nitrogens with zero attached hydrogens (tertiary/aromatic N) is 1. The molecule has 0 radical (unpaired) electrons. The molecule has 1 amide bonds. The number of rotatable bonds is 7. The highest BCUT2D eigenvalue weighted by atomic mass is 35.5. The standard InChI is InChI=1S/C20H17ClN2O3/c1-2-26-19-6-4-3-5-17(19)23-20(25)16(13-22)18(24)12-9-14-7-10-15(21)11-8-14/h3-12,16H,2H2,1H3,(H,23,25)/b12-9+. The van der Waals surface area contributed by atoms with Crippen LogP contribution >= 0.6 is 11.6 Å². The zero-order valence-electron chi connectivity index (χ0n) is 14.1. The molecule has 1 unspecified atom stereocenters. The minimum absolute atomic E-state index is 0.411. The van der Waals surface area contributed by atoms with Gasteiger partial charge in [0.05, 0.1) is 18.4 Å². The number of para-hydroxylation sites is 2. The van der Waals surface area contributed by atoms with E-state index in [1.807, 2.05) is 6.92 Å². The van der Waals surface area contributed by atoms with Crippen LogP contribution in [0.5, 0.6) is 5.75 Å². The lowest BCUT2D eigenvalue weighted by Gasteiger charge is -2.12. The Morgan fingerprint density at radius 2 is 1.92 bits per heavy atom. The van der Waals surface area contributed by atoms with Crippen molar-refractivity contribution in [1.82, 2.24) is 0 Å². The molecule has 0 aliphatic carbocycles. The Morgan fingerprint density at radius 3 is 2.58 bits per heavy atom. The Hall–Kier alpha value is -3.10. The Morgan fingerprint density at radius 1 is 1.23 bits per heavy atom. The van der Waals surface area contributed by atoms with E-state index in [1.54, 1.807) is 54.6 Å². The largest absolute Gasteiger partial charge is 0.492 e. The topological polar surface area (TPSA) is 79.2 Å². The van der Waals surface area contributed by atoms with E-state index in [9.17, 15) is 14.9 Å². The molecule has 26 heavy (non-hydrogen) atoms. The summed E-state index contributed by atoms with van der Waals surface area (Å²) in [5.41, 5.74) is 1.15. The van der Waals surface area contributed by atoms with E-state index in [2.05, 4.69) is 5.32 Å². The van der Waals surface area contributed by atoms with Crippen molar-refractivity contribution in [2.24, 2.45) is 5.92 Å². The van der Waals surface area contributed by atoms with Gasteiger partial charge >= 0.3 is 0 Å². The Kier molecular flexibility index (Phi) is 6.95. The summed E-state index contributed by atoms with van der Waals surface area (Å²) >= 11 is 5.80. The average molecular weight is 369 g/mol. The van der Waals surface area contributed by atoms with Gasteiger partial charge in [-0.1, -0.05) is 41.9 Å². The number of hydrogen-bond donors (Lipinski definition) is 1. The van der Waals surface area contributed by atoms with E-state index in [0.29, 0.717) is 23.1 Å². The number of carbonyl (C=O) groups excluding carboxylic acids is 2. The minimum Gasteiger partial charge on any atom is -0.492 e. The number of hydrogen-bond acceptors (Lipinski definition) is 4. The maximum atomic E-state index is 12.3. The monoisotopic (exact) mass is 368 g/mol. The Labute approximate surface area is 156 Å². The SMILES string of the molecule is CCOc1ccccc1NC(=O)C(C#N)C(=O)/C=C/c1ccc(Cl)cc1. The first kappa shape index (κ1) is 19.2. The molecule has 2 aromatic rings. The average Bonchev–Trinajstić information content (AvgIpc) is 2.63. The van der Waals surface area contributed by atoms with Gasteiger partial charge in [0.25, 0.3) is 0 Å². The number of amides is 1. The second kappa shape index (κ2) is 9.40. The predicted octanol–water partition coefficient (Wildman–Crippen LogP) is 4.10. The molecule has 132 valence electrons. The number of nitrogens with one attached hydrogen (secondary N) is 1. The van der Waals surface area contributed by atoms with Crippen LogP contribution in [0.3, 0.4) is 0 Å². The maximum Gasteiger partial charge on any atom is 0.249 e. The first-order chi connectivity index (χ1) is 12.5. The third kappa shape index (κ3) is 5.20. The van der Waals surface area contributed by atoms with E-state index >= 15 is 0 Å². The highest BCUT2D eigenvalue weighted by Crippen LogP contribution is 2.24. The van der Waals surface area contributed by atoms with Crippen molar-refractivity contribution in [3.05, 3.63) is 65.2 Å². The zero-order valence-corrected chi connectivity index (χ0v) is 14.9. The van der Waals surface area contributed by atoms with Gasteiger partial charge in [-0.3, -0.25) is 9.59 Å². The van der Waals surface area contributed by atoms with Gasteiger partial charge in [0.1, 0.15) is 5.75 Å². The van der Waals surface area contributed by atoms with Gasteiger partial charge in [-0.2, -0.15) is 5.26 Å². The molecule has 2 aromatic carbocycles. The maximum absolute atomic E-state index is 12.3. The summed E-state index contributed by atoms with van der Waals surface area (Å²) in [5.74, 6) is -2.28. The normalized spacial score (nSPS) is 11.6. The van der Waals surface area contributed by atoms with Gasteiger partial charge in [-0.15, -0.1) is 0 Å². The number of halogens is 1. The van der Waals surface area contributed by atoms with Crippen LogP contribution in [-0.4, -0.2) is 18.3 Å². The number of ether oxygens (including phenoxy) is 1. The van der Waals surface area contributed by atoms with E-state index < -0.39 is 17.6 Å². The number of nitriles is 1. The lowest BCUT2D eigenvalue weighted by molar-refractivity contribution is -0.126. The number of ketones is 1. The molecule has 6 heteroatoms. The van der Waals surface area contributed by atoms with E-state index in [1.165, 1.54) is 12.2 Å². The zero-order chi connectivity index (χ0) is 18.9. The van der Waals surface area contributed by atoms with E-state index in [0.717, 1.165) is 5.56 Å². The summed E-state index contributed by atoms with van der Waals surface area (Å²) in [6.45, 7) is 2.25. The second-order valence-corrected chi connectivity index (χ2v) is 5.70. The van der Waals surface area contributed by atoms with Crippen LogP contribution in [-0.2, 0) is 9.59 Å². The molecule has 0 fully saturated rings. The van der Waals surface area contributed by atoms with Crippen LogP contribution < -0.4 is 10.1 Å². The summed E-state index contributed by atoms with van der Waals surface area (Å²) < 4.78 is 5.42. The molecule has 0 aliphatic heterocycles. The summed E-state index contributed by atoms with van der Waals surface area (Å²) in [6, 6.07) is 15.4. The molecule has 0 saturated heterocycles. The van der Waals surface area contributed by atoms with Gasteiger partial charge in [-0.25, -0.2) is 0 Å². The van der Waals surface area contributed by atoms with Gasteiger partial charge in [0, 0.05) is 5.02 Å². The van der Waals surface area contributed by atoms with Gasteiger partial charge in [0.2, 0.25) is 5.91 Å². The molecule has 2 rings (SSSR count). The van der Waals surface area contributed by atoms with Crippen molar-refractivity contribution < 1.29 is 14.3 Å². The highest BCUT2D eigenvalue weighted by Gasteiger charge is 2.25. The van der Waals surface area contributed by atoms with Gasteiger partial charge in [0.15, 0.2) is 11.7 Å². The lowest BCUT2D eigenvalue weighted by atomic mass is 10.0. The molecular formula is C20H17ClN2O3. The summed E-state index contributed by atoms with van der Waals surface area (Å²) in [5, 5.41) is 12.4. The fraction of sp³-hybridized carbons (Fsp3) is 0.150. The molecule has 0 aliphatic rings. The highest BCUT2D eigenvalue weighted by molar-refractivity contribution is 6.30. The second-order valence-electron chi connectivity index (χ2n) is 5.27. The van der Waals surface area contributed by atoms with Crippen molar-refractivity contribution in [1.29, 1.82) is 5.26 Å². The Bertz CT molecular complexity index is 854. The molecule has 1 atom stereocenters. The van der Waals surface area contributed by atoms with Crippen molar-refractivity contribution >= 4 is 35.1 Å². The first-order valence-corrected chi connectivity index (χ1v) is 8.32. The van der Waals surface area contributed by atoms with E-state index in [-0.39, 0.29) is 0 Å². The van der Waals surface area contributed by atoms with Crippen LogP contribution in [0.4, 0.5) is 5.69 Å². The molecule has 5 nitrogen and oxygen atoms in total. The number of anilines is 1. The lowest BCUT2D eigenvalue weighted by Crippen LogP contribution is -2.27. The predicted molar refractivity (Wildman–Crippen MR) is 101 cm³/mol. The van der Waals surface area contributed by atoms with Crippen LogP contribution in [0.2, 0.25) is 5.02 Å². The molecule has 0 spiro atoms. The third-order valence-corrected chi connectivity index (χ3v) is 3.68. The van der Waals surface area contributed by atoms with Crippen molar-refractivity contribution in [2.75, 3.05) is 11.9 Å². The van der Waals surface area contributed by atoms with Gasteiger partial charge in [-0.05, 0) is 42.8 Å². The van der Waals surface area contributed by atoms with Crippen LogP contribution in [0, 0.1) is 17.2 Å². The molecule has 0 saturated carbocycles. The quantitative estimate of drug-likeness (QED) is 0.589. The fourth-order valence-electron chi connectivity index (χ4n) is 2.16. The van der Waals surface area contributed by atoms with Crippen molar-refractivity contribution in [2.45, 2.75) is 6.92 Å².